The lowest BCUT2D eigenvalue weighted by Crippen LogP contribution is -2.44. The summed E-state index contributed by atoms with van der Waals surface area (Å²) in [4.78, 5) is 28.4. The molecule has 154 valence electrons. The summed E-state index contributed by atoms with van der Waals surface area (Å²) in [6.45, 7) is 6.14. The van der Waals surface area contributed by atoms with Crippen LogP contribution in [0.5, 0.6) is 11.5 Å². The first kappa shape index (κ1) is 20.8. The number of carbonyl (C=O) groups is 2. The third-order valence-electron chi connectivity index (χ3n) is 4.42. The fraction of sp³-hybridized carbons (Fsp3) is 0.333. The molecule has 1 unspecified atom stereocenters. The quantitative estimate of drug-likeness (QED) is 0.462. The molecule has 1 aliphatic heterocycles. The maximum atomic E-state index is 13.1. The van der Waals surface area contributed by atoms with Crippen LogP contribution < -0.4 is 9.47 Å². The lowest BCUT2D eigenvalue weighted by atomic mass is 10.2. The summed E-state index contributed by atoms with van der Waals surface area (Å²) in [7, 11) is 0. The third kappa shape index (κ3) is 5.32. The van der Waals surface area contributed by atoms with E-state index in [2.05, 4.69) is 6.58 Å². The van der Waals surface area contributed by atoms with Gasteiger partial charge >= 0.3 is 0 Å². The molecule has 0 spiro atoms. The standard InChI is InChI=1S/C21H23ClN2O5/c1-3-8-23(21(26)15(2)22)13-20(25)24(12-17-5-4-9-27-17)11-16-6-7-18-19(10-16)29-14-28-18/h3-7,9-10,15H,1,8,11-14H2,2H3. The monoisotopic (exact) mass is 418 g/mol. The Morgan fingerprint density at radius 3 is 2.69 bits per heavy atom. The van der Waals surface area contributed by atoms with Gasteiger partial charge in [-0.25, -0.2) is 0 Å². The average molecular weight is 419 g/mol. The van der Waals surface area contributed by atoms with Gasteiger partial charge in [0.25, 0.3) is 0 Å². The minimum Gasteiger partial charge on any atom is -0.467 e. The summed E-state index contributed by atoms with van der Waals surface area (Å²) >= 11 is 5.93. The second-order valence-corrected chi connectivity index (χ2v) is 7.29. The van der Waals surface area contributed by atoms with Crippen LogP contribution in [0.15, 0.2) is 53.7 Å². The Bertz CT molecular complexity index is 866. The van der Waals surface area contributed by atoms with Crippen LogP contribution >= 0.6 is 11.6 Å². The predicted molar refractivity (Wildman–Crippen MR) is 108 cm³/mol. The van der Waals surface area contributed by atoms with Crippen LogP contribution in [-0.2, 0) is 22.7 Å². The zero-order valence-electron chi connectivity index (χ0n) is 16.2. The molecule has 1 aromatic heterocycles. The Kier molecular flexibility index (Phi) is 6.82. The van der Waals surface area contributed by atoms with E-state index in [0.717, 1.165) is 5.56 Å². The van der Waals surface area contributed by atoms with Crippen LogP contribution in [0.25, 0.3) is 0 Å². The number of alkyl halides is 1. The highest BCUT2D eigenvalue weighted by Gasteiger charge is 2.24. The summed E-state index contributed by atoms with van der Waals surface area (Å²) in [5.41, 5.74) is 0.876. The number of hydrogen-bond donors (Lipinski definition) is 0. The number of ether oxygens (including phenoxy) is 2. The first-order chi connectivity index (χ1) is 14.0. The van der Waals surface area contributed by atoms with Crippen LogP contribution in [-0.4, -0.2) is 46.9 Å². The Labute approximate surface area is 174 Å². The van der Waals surface area contributed by atoms with Crippen molar-refractivity contribution in [3.8, 4) is 11.5 Å². The molecule has 0 bridgehead atoms. The Morgan fingerprint density at radius 1 is 1.21 bits per heavy atom. The minimum atomic E-state index is -0.727. The molecule has 0 N–H and O–H groups in total. The molecule has 2 amide bonds. The lowest BCUT2D eigenvalue weighted by Gasteiger charge is -2.27. The number of halogens is 1. The number of hydrogen-bond acceptors (Lipinski definition) is 5. The van der Waals surface area contributed by atoms with Crippen LogP contribution in [0.2, 0.25) is 0 Å². The second kappa shape index (κ2) is 9.52. The Hall–Kier alpha value is -2.93. The molecule has 3 rings (SSSR count). The molecule has 0 radical (unpaired) electrons. The largest absolute Gasteiger partial charge is 0.467 e. The van der Waals surface area contributed by atoms with E-state index in [1.807, 2.05) is 18.2 Å². The van der Waals surface area contributed by atoms with E-state index in [0.29, 0.717) is 23.8 Å². The van der Waals surface area contributed by atoms with Gasteiger partial charge in [-0.05, 0) is 36.8 Å². The van der Waals surface area contributed by atoms with Crippen molar-refractivity contribution in [2.75, 3.05) is 19.9 Å². The van der Waals surface area contributed by atoms with Gasteiger partial charge in [0, 0.05) is 13.1 Å². The SMILES string of the molecule is C=CCN(CC(=O)N(Cc1ccc2c(c1)OCO2)Cc1ccco1)C(=O)C(C)Cl. The summed E-state index contributed by atoms with van der Waals surface area (Å²) in [6, 6.07) is 9.10. The zero-order chi connectivity index (χ0) is 20.8. The minimum absolute atomic E-state index is 0.104. The van der Waals surface area contributed by atoms with Crippen LogP contribution in [0.1, 0.15) is 18.2 Å². The van der Waals surface area contributed by atoms with Crippen LogP contribution in [0, 0.1) is 0 Å². The number of rotatable bonds is 9. The molecule has 2 heterocycles. The molecular weight excluding hydrogens is 396 g/mol. The van der Waals surface area contributed by atoms with Gasteiger partial charge in [-0.3, -0.25) is 9.59 Å². The average Bonchev–Trinajstić information content (AvgIpc) is 3.37. The fourth-order valence-electron chi connectivity index (χ4n) is 2.99. The first-order valence-electron chi connectivity index (χ1n) is 9.20. The number of benzene rings is 1. The molecule has 2 aromatic rings. The Balaban J connectivity index is 1.77. The second-order valence-electron chi connectivity index (χ2n) is 6.64. The van der Waals surface area contributed by atoms with Gasteiger partial charge < -0.3 is 23.7 Å². The van der Waals surface area contributed by atoms with Crippen molar-refractivity contribution in [1.82, 2.24) is 9.80 Å². The van der Waals surface area contributed by atoms with Crippen LogP contribution in [0.4, 0.5) is 0 Å². The van der Waals surface area contributed by atoms with Crippen molar-refractivity contribution in [1.29, 1.82) is 0 Å². The molecule has 0 aliphatic carbocycles. The van der Waals surface area contributed by atoms with Crippen LogP contribution in [0.3, 0.4) is 0 Å². The molecule has 1 aliphatic rings. The van der Waals surface area contributed by atoms with Crippen molar-refractivity contribution in [3.05, 3.63) is 60.6 Å². The van der Waals surface area contributed by atoms with Crippen molar-refractivity contribution >= 4 is 23.4 Å². The van der Waals surface area contributed by atoms with Gasteiger partial charge in [0.1, 0.15) is 17.7 Å². The topological polar surface area (TPSA) is 72.2 Å². The molecule has 1 aromatic carbocycles. The van der Waals surface area contributed by atoms with Gasteiger partial charge in [-0.1, -0.05) is 12.1 Å². The van der Waals surface area contributed by atoms with E-state index in [9.17, 15) is 9.59 Å². The van der Waals surface area contributed by atoms with E-state index < -0.39 is 5.38 Å². The highest BCUT2D eigenvalue weighted by atomic mass is 35.5. The first-order valence-corrected chi connectivity index (χ1v) is 9.64. The van der Waals surface area contributed by atoms with Gasteiger partial charge in [0.15, 0.2) is 11.5 Å². The zero-order valence-corrected chi connectivity index (χ0v) is 16.9. The smallest absolute Gasteiger partial charge is 0.242 e. The van der Waals surface area contributed by atoms with E-state index in [1.54, 1.807) is 36.3 Å². The molecule has 0 fully saturated rings. The molecule has 0 saturated carbocycles. The third-order valence-corrected chi connectivity index (χ3v) is 4.60. The normalized spacial score (nSPS) is 13.0. The van der Waals surface area contributed by atoms with Gasteiger partial charge in [0.05, 0.1) is 12.8 Å². The number of carbonyl (C=O) groups excluding carboxylic acids is 2. The van der Waals surface area contributed by atoms with Crippen molar-refractivity contribution in [3.63, 3.8) is 0 Å². The number of nitrogens with zero attached hydrogens (tertiary/aromatic N) is 2. The summed E-state index contributed by atoms with van der Waals surface area (Å²) in [6.07, 6.45) is 3.13. The van der Waals surface area contributed by atoms with Gasteiger partial charge in [0.2, 0.25) is 18.6 Å². The predicted octanol–water partition coefficient (Wildman–Crippen LogP) is 3.18. The fourth-order valence-corrected chi connectivity index (χ4v) is 3.12. The van der Waals surface area contributed by atoms with Crippen molar-refractivity contribution in [2.45, 2.75) is 25.4 Å². The maximum absolute atomic E-state index is 13.1. The van der Waals surface area contributed by atoms with E-state index in [1.165, 1.54) is 4.90 Å². The van der Waals surface area contributed by atoms with E-state index >= 15 is 0 Å². The number of fused-ring (bicyclic) bond motifs is 1. The highest BCUT2D eigenvalue weighted by Crippen LogP contribution is 2.33. The number of furan rings is 1. The molecule has 0 saturated heterocycles. The molecule has 7 nitrogen and oxygen atoms in total. The maximum Gasteiger partial charge on any atom is 0.242 e. The van der Waals surface area contributed by atoms with Crippen molar-refractivity contribution < 1.29 is 23.5 Å². The summed E-state index contributed by atoms with van der Waals surface area (Å²) in [5, 5.41) is -0.727. The Morgan fingerprint density at radius 2 is 2.00 bits per heavy atom. The van der Waals surface area contributed by atoms with E-state index in [4.69, 9.17) is 25.5 Å². The van der Waals surface area contributed by atoms with Crippen molar-refractivity contribution in [2.24, 2.45) is 0 Å². The highest BCUT2D eigenvalue weighted by molar-refractivity contribution is 6.30. The molecule has 29 heavy (non-hydrogen) atoms. The van der Waals surface area contributed by atoms with Gasteiger partial charge in [-0.15, -0.1) is 18.2 Å². The van der Waals surface area contributed by atoms with Gasteiger partial charge in [-0.2, -0.15) is 0 Å². The molecule has 8 heteroatoms. The molecular formula is C21H23ClN2O5. The summed E-state index contributed by atoms with van der Waals surface area (Å²) in [5.74, 6) is 1.42. The number of amides is 2. The van der Waals surface area contributed by atoms with E-state index in [-0.39, 0.29) is 38.2 Å². The lowest BCUT2D eigenvalue weighted by molar-refractivity contribution is -0.140. The molecule has 1 atom stereocenters. The summed E-state index contributed by atoms with van der Waals surface area (Å²) < 4.78 is 16.2.